The Labute approximate surface area is 111 Å². The van der Waals surface area contributed by atoms with E-state index in [1.165, 1.54) is 31.2 Å². The van der Waals surface area contributed by atoms with Crippen molar-refractivity contribution in [3.63, 3.8) is 0 Å². The molecule has 18 heavy (non-hydrogen) atoms. The molecule has 100 valence electrons. The van der Waals surface area contributed by atoms with Gasteiger partial charge in [0.05, 0.1) is 0 Å². The summed E-state index contributed by atoms with van der Waals surface area (Å²) >= 11 is 0. The van der Waals surface area contributed by atoms with Gasteiger partial charge in [0, 0.05) is 12.6 Å². The molecule has 2 rings (SSSR count). The molecule has 0 bridgehead atoms. The minimum absolute atomic E-state index is 0.395. The fourth-order valence-corrected chi connectivity index (χ4v) is 2.54. The van der Waals surface area contributed by atoms with Crippen LogP contribution in [0.1, 0.15) is 44.1 Å². The predicted molar refractivity (Wildman–Crippen MR) is 77.7 cm³/mol. The Morgan fingerprint density at radius 1 is 1.28 bits per heavy atom. The molecule has 2 atom stereocenters. The van der Waals surface area contributed by atoms with Gasteiger partial charge in [-0.3, -0.25) is 0 Å². The molecule has 0 heterocycles. The molecule has 1 fully saturated rings. The van der Waals surface area contributed by atoms with Crippen LogP contribution in [0, 0.1) is 5.92 Å². The average molecular weight is 246 g/mol. The lowest BCUT2D eigenvalue weighted by Gasteiger charge is -2.24. The number of hydrogen-bond donors (Lipinski definition) is 2. The van der Waals surface area contributed by atoms with E-state index in [1.54, 1.807) is 0 Å². The Balaban J connectivity index is 1.75. The van der Waals surface area contributed by atoms with Crippen molar-refractivity contribution in [3.05, 3.63) is 35.9 Å². The van der Waals surface area contributed by atoms with Gasteiger partial charge in [-0.15, -0.1) is 0 Å². The Morgan fingerprint density at radius 2 is 2.00 bits per heavy atom. The van der Waals surface area contributed by atoms with Crippen LogP contribution in [0.25, 0.3) is 0 Å². The maximum absolute atomic E-state index is 5.90. The van der Waals surface area contributed by atoms with Crippen molar-refractivity contribution in [2.75, 3.05) is 13.1 Å². The van der Waals surface area contributed by atoms with Crippen molar-refractivity contribution in [3.8, 4) is 0 Å². The van der Waals surface area contributed by atoms with E-state index in [-0.39, 0.29) is 0 Å². The number of hydrogen-bond acceptors (Lipinski definition) is 2. The van der Waals surface area contributed by atoms with E-state index < -0.39 is 0 Å². The second-order valence-corrected chi connectivity index (χ2v) is 5.58. The molecule has 2 unspecified atom stereocenters. The molecular formula is C16H26N2. The van der Waals surface area contributed by atoms with Crippen molar-refractivity contribution < 1.29 is 0 Å². The van der Waals surface area contributed by atoms with Crippen molar-refractivity contribution in [2.24, 2.45) is 11.7 Å². The Bertz CT molecular complexity index is 332. The minimum atomic E-state index is 0.395. The van der Waals surface area contributed by atoms with Crippen LogP contribution in [0.3, 0.4) is 0 Å². The van der Waals surface area contributed by atoms with Crippen LogP contribution in [-0.4, -0.2) is 19.1 Å². The van der Waals surface area contributed by atoms with E-state index in [1.807, 2.05) is 0 Å². The van der Waals surface area contributed by atoms with Gasteiger partial charge in [0.25, 0.3) is 0 Å². The third-order valence-electron chi connectivity index (χ3n) is 4.08. The molecule has 2 nitrogen and oxygen atoms in total. The van der Waals surface area contributed by atoms with Crippen molar-refractivity contribution >= 4 is 0 Å². The molecule has 0 saturated heterocycles. The first-order chi connectivity index (χ1) is 8.81. The second-order valence-electron chi connectivity index (χ2n) is 5.58. The van der Waals surface area contributed by atoms with Gasteiger partial charge >= 0.3 is 0 Å². The molecule has 1 aliphatic rings. The summed E-state index contributed by atoms with van der Waals surface area (Å²) in [6, 6.07) is 11.1. The molecule has 3 N–H and O–H groups in total. The van der Waals surface area contributed by atoms with Crippen LogP contribution in [-0.2, 0) is 0 Å². The highest BCUT2D eigenvalue weighted by Gasteiger charge is 2.21. The number of rotatable bonds is 8. The summed E-state index contributed by atoms with van der Waals surface area (Å²) in [6.45, 7) is 4.08. The van der Waals surface area contributed by atoms with Gasteiger partial charge in [0.15, 0.2) is 0 Å². The van der Waals surface area contributed by atoms with Crippen molar-refractivity contribution in [1.82, 2.24) is 5.32 Å². The molecule has 1 aromatic rings. The summed E-state index contributed by atoms with van der Waals surface area (Å²) in [5.74, 6) is 1.52. The van der Waals surface area contributed by atoms with Gasteiger partial charge in [0.1, 0.15) is 0 Å². The van der Waals surface area contributed by atoms with Gasteiger partial charge in [-0.2, -0.15) is 0 Å². The highest BCUT2D eigenvalue weighted by molar-refractivity contribution is 5.20. The quantitative estimate of drug-likeness (QED) is 0.692. The first-order valence-electron chi connectivity index (χ1n) is 7.29. The van der Waals surface area contributed by atoms with Gasteiger partial charge in [-0.25, -0.2) is 0 Å². The molecule has 0 aromatic heterocycles. The monoisotopic (exact) mass is 246 g/mol. The Kier molecular flexibility index (Phi) is 5.21. The number of benzene rings is 1. The molecular weight excluding hydrogens is 220 g/mol. The third-order valence-corrected chi connectivity index (χ3v) is 4.08. The van der Waals surface area contributed by atoms with E-state index in [0.29, 0.717) is 18.5 Å². The molecule has 1 saturated carbocycles. The first kappa shape index (κ1) is 13.6. The lowest BCUT2D eigenvalue weighted by molar-refractivity contribution is 0.445. The van der Waals surface area contributed by atoms with Crippen LogP contribution >= 0.6 is 0 Å². The van der Waals surface area contributed by atoms with E-state index in [4.69, 9.17) is 5.73 Å². The van der Waals surface area contributed by atoms with E-state index >= 15 is 0 Å². The van der Waals surface area contributed by atoms with Gasteiger partial charge in [-0.05, 0) is 36.8 Å². The molecule has 1 aliphatic carbocycles. The van der Waals surface area contributed by atoms with E-state index in [0.717, 1.165) is 12.5 Å². The normalized spacial score (nSPS) is 18.6. The maximum atomic E-state index is 5.90. The zero-order valence-corrected chi connectivity index (χ0v) is 11.4. The highest BCUT2D eigenvalue weighted by atomic mass is 14.9. The predicted octanol–water partition coefficient (Wildman–Crippen LogP) is 2.90. The molecule has 0 spiro atoms. The largest absolute Gasteiger partial charge is 0.329 e. The lowest BCUT2D eigenvalue weighted by Crippen LogP contribution is -2.40. The van der Waals surface area contributed by atoms with Gasteiger partial charge < -0.3 is 11.1 Å². The summed E-state index contributed by atoms with van der Waals surface area (Å²) in [6.07, 6.45) is 5.61. The van der Waals surface area contributed by atoms with Crippen LogP contribution in [0.15, 0.2) is 30.3 Å². The van der Waals surface area contributed by atoms with Crippen LogP contribution < -0.4 is 11.1 Å². The number of nitrogens with two attached hydrogens (primary N) is 1. The topological polar surface area (TPSA) is 38.0 Å². The van der Waals surface area contributed by atoms with Crippen LogP contribution in [0.4, 0.5) is 0 Å². The summed E-state index contributed by atoms with van der Waals surface area (Å²) in [5.41, 5.74) is 7.28. The second kappa shape index (κ2) is 6.91. The molecule has 1 aromatic carbocycles. The van der Waals surface area contributed by atoms with Crippen LogP contribution in [0.5, 0.6) is 0 Å². The summed E-state index contributed by atoms with van der Waals surface area (Å²) in [4.78, 5) is 0. The lowest BCUT2D eigenvalue weighted by atomic mass is 9.93. The summed E-state index contributed by atoms with van der Waals surface area (Å²) < 4.78 is 0. The fourth-order valence-electron chi connectivity index (χ4n) is 2.54. The molecule has 0 amide bonds. The van der Waals surface area contributed by atoms with E-state index in [2.05, 4.69) is 42.6 Å². The number of nitrogens with one attached hydrogen (secondary N) is 1. The fraction of sp³-hybridized carbons (Fsp3) is 0.625. The average Bonchev–Trinajstić information content (AvgIpc) is 3.23. The van der Waals surface area contributed by atoms with Crippen molar-refractivity contribution in [1.29, 1.82) is 0 Å². The standard InChI is InChI=1S/C16H26N2/c1-13(15-7-3-2-4-8-15)16(12-17)18-11-5-6-14-9-10-14/h2-4,7-8,13-14,16,18H,5-6,9-12,17H2,1H3. The molecule has 0 radical (unpaired) electrons. The first-order valence-corrected chi connectivity index (χ1v) is 7.29. The zero-order valence-electron chi connectivity index (χ0n) is 11.4. The Morgan fingerprint density at radius 3 is 2.61 bits per heavy atom. The SMILES string of the molecule is CC(c1ccccc1)C(CN)NCCCC1CC1. The zero-order chi connectivity index (χ0) is 12.8. The van der Waals surface area contributed by atoms with Crippen LogP contribution in [0.2, 0.25) is 0 Å². The van der Waals surface area contributed by atoms with Gasteiger partial charge in [-0.1, -0.05) is 50.1 Å². The highest BCUT2D eigenvalue weighted by Crippen LogP contribution is 2.33. The smallest absolute Gasteiger partial charge is 0.0256 e. The summed E-state index contributed by atoms with van der Waals surface area (Å²) in [5, 5.41) is 3.63. The van der Waals surface area contributed by atoms with Gasteiger partial charge in [0.2, 0.25) is 0 Å². The summed E-state index contributed by atoms with van der Waals surface area (Å²) in [7, 11) is 0. The third kappa shape index (κ3) is 4.11. The molecule has 2 heteroatoms. The maximum Gasteiger partial charge on any atom is 0.0256 e. The molecule has 0 aliphatic heterocycles. The minimum Gasteiger partial charge on any atom is -0.329 e. The Hall–Kier alpha value is -0.860. The van der Waals surface area contributed by atoms with E-state index in [9.17, 15) is 0 Å². The van der Waals surface area contributed by atoms with Crippen molar-refractivity contribution in [2.45, 2.75) is 44.6 Å².